The average Bonchev–Trinajstić information content (AvgIpc) is 2.50. The molecule has 0 saturated carbocycles. The maximum atomic E-state index is 11.6. The number of amides is 1. The number of ketones is 1. The minimum atomic E-state index is -0.481. The highest BCUT2D eigenvalue weighted by molar-refractivity contribution is 6.31. The van der Waals surface area contributed by atoms with E-state index in [1.165, 1.54) is 6.92 Å². The Bertz CT molecular complexity index is 766. The number of hydrogen-bond acceptors (Lipinski definition) is 3. The molecule has 0 aliphatic rings. The highest BCUT2D eigenvalue weighted by atomic mass is 35.5. The predicted molar refractivity (Wildman–Crippen MR) is 89.3 cm³/mol. The monoisotopic (exact) mass is 326 g/mol. The van der Waals surface area contributed by atoms with Crippen LogP contribution in [0.15, 0.2) is 48.5 Å². The Hall–Kier alpha value is -2.64. The normalized spacial score (nSPS) is 11.3. The van der Waals surface area contributed by atoms with Crippen LogP contribution < -0.4 is 5.32 Å². The van der Waals surface area contributed by atoms with E-state index in [2.05, 4.69) is 11.4 Å². The second-order valence-electron chi connectivity index (χ2n) is 5.14. The maximum Gasteiger partial charge on any atom is 0.231 e. The van der Waals surface area contributed by atoms with Gasteiger partial charge in [0, 0.05) is 10.7 Å². The molecule has 5 heteroatoms. The van der Waals surface area contributed by atoms with Gasteiger partial charge in [0.05, 0.1) is 18.4 Å². The van der Waals surface area contributed by atoms with Crippen LogP contribution in [0, 0.1) is 11.3 Å². The van der Waals surface area contributed by atoms with Crippen LogP contribution in [-0.4, -0.2) is 11.7 Å². The zero-order chi connectivity index (χ0) is 16.8. The molecule has 0 aromatic heterocycles. The molecule has 0 radical (unpaired) electrons. The fraction of sp³-hybridized carbons (Fsp3) is 0.167. The summed E-state index contributed by atoms with van der Waals surface area (Å²) in [5.41, 5.74) is 2.02. The van der Waals surface area contributed by atoms with Crippen LogP contribution in [0.5, 0.6) is 0 Å². The highest BCUT2D eigenvalue weighted by Crippen LogP contribution is 2.31. The molecule has 116 valence electrons. The highest BCUT2D eigenvalue weighted by Gasteiger charge is 2.17. The van der Waals surface area contributed by atoms with E-state index in [9.17, 15) is 14.9 Å². The number of halogens is 1. The smallest absolute Gasteiger partial charge is 0.231 e. The summed E-state index contributed by atoms with van der Waals surface area (Å²) in [6.45, 7) is 1.35. The van der Waals surface area contributed by atoms with E-state index in [1.807, 2.05) is 30.3 Å². The first-order valence-corrected chi connectivity index (χ1v) is 7.42. The molecule has 1 atom stereocenters. The first-order chi connectivity index (χ1) is 11.0. The zero-order valence-electron chi connectivity index (χ0n) is 12.5. The lowest BCUT2D eigenvalue weighted by Crippen LogP contribution is -2.14. The van der Waals surface area contributed by atoms with Gasteiger partial charge in [-0.1, -0.05) is 48.0 Å². The number of rotatable bonds is 5. The van der Waals surface area contributed by atoms with Crippen molar-refractivity contribution in [3.63, 3.8) is 0 Å². The van der Waals surface area contributed by atoms with E-state index in [0.717, 1.165) is 5.56 Å². The first kappa shape index (κ1) is 16.7. The topological polar surface area (TPSA) is 70.0 Å². The van der Waals surface area contributed by atoms with Crippen molar-refractivity contribution in [2.24, 2.45) is 0 Å². The van der Waals surface area contributed by atoms with Crippen molar-refractivity contribution in [2.75, 3.05) is 5.32 Å². The number of hydrogen-bond donors (Lipinski definition) is 1. The van der Waals surface area contributed by atoms with Gasteiger partial charge in [-0.2, -0.15) is 5.26 Å². The van der Waals surface area contributed by atoms with Crippen molar-refractivity contribution < 1.29 is 9.59 Å². The Morgan fingerprint density at radius 3 is 2.48 bits per heavy atom. The third-order valence-electron chi connectivity index (χ3n) is 3.27. The standard InChI is InChI=1S/C18H15ClN2O2/c1-12(22)9-18(23)21-14-7-8-15(17(19)10-14)16(11-20)13-5-3-2-4-6-13/h2-8,10,16H,9H2,1H3,(H,21,23)/t16-/m0/s1. The van der Waals surface area contributed by atoms with Gasteiger partial charge >= 0.3 is 0 Å². The van der Waals surface area contributed by atoms with Crippen LogP contribution in [0.4, 0.5) is 5.69 Å². The third-order valence-corrected chi connectivity index (χ3v) is 3.59. The van der Waals surface area contributed by atoms with Crippen molar-refractivity contribution in [1.82, 2.24) is 0 Å². The number of nitrogens with zero attached hydrogens (tertiary/aromatic N) is 1. The lowest BCUT2D eigenvalue weighted by atomic mass is 9.92. The number of carbonyl (C=O) groups excluding carboxylic acids is 2. The van der Waals surface area contributed by atoms with Crippen LogP contribution in [0.1, 0.15) is 30.4 Å². The fourth-order valence-corrected chi connectivity index (χ4v) is 2.53. The fourth-order valence-electron chi connectivity index (χ4n) is 2.24. The summed E-state index contributed by atoms with van der Waals surface area (Å²) in [5.74, 6) is -1.08. The molecule has 0 saturated heterocycles. The van der Waals surface area contributed by atoms with Crippen LogP contribution in [0.3, 0.4) is 0 Å². The lowest BCUT2D eigenvalue weighted by Gasteiger charge is -2.13. The molecular formula is C18H15ClN2O2. The third kappa shape index (κ3) is 4.41. The molecule has 2 rings (SSSR count). The molecule has 23 heavy (non-hydrogen) atoms. The zero-order valence-corrected chi connectivity index (χ0v) is 13.3. The first-order valence-electron chi connectivity index (χ1n) is 7.04. The lowest BCUT2D eigenvalue weighted by molar-refractivity contribution is -0.124. The number of benzene rings is 2. The minimum absolute atomic E-state index is 0.176. The predicted octanol–water partition coefficient (Wildman–Crippen LogP) is 3.91. The number of nitriles is 1. The van der Waals surface area contributed by atoms with E-state index >= 15 is 0 Å². The molecule has 1 N–H and O–H groups in total. The molecule has 4 nitrogen and oxygen atoms in total. The van der Waals surface area contributed by atoms with Gasteiger partial charge in [-0.15, -0.1) is 0 Å². The van der Waals surface area contributed by atoms with E-state index in [4.69, 9.17) is 11.6 Å². The van der Waals surface area contributed by atoms with Crippen molar-refractivity contribution >= 4 is 29.0 Å². The Kier molecular flexibility index (Phi) is 5.51. The molecule has 2 aromatic carbocycles. The van der Waals surface area contributed by atoms with E-state index in [0.29, 0.717) is 16.3 Å². The quantitative estimate of drug-likeness (QED) is 0.847. The van der Waals surface area contributed by atoms with Gasteiger partial charge in [0.25, 0.3) is 0 Å². The summed E-state index contributed by atoms with van der Waals surface area (Å²) in [5, 5.41) is 12.5. The molecular weight excluding hydrogens is 312 g/mol. The van der Waals surface area contributed by atoms with Gasteiger partial charge in [-0.25, -0.2) is 0 Å². The largest absolute Gasteiger partial charge is 0.326 e. The van der Waals surface area contributed by atoms with Crippen molar-refractivity contribution in [3.8, 4) is 6.07 Å². The Morgan fingerprint density at radius 2 is 1.91 bits per heavy atom. The van der Waals surface area contributed by atoms with Gasteiger partial charge in [0.15, 0.2) is 0 Å². The summed E-state index contributed by atoms with van der Waals surface area (Å²) < 4.78 is 0. The summed E-state index contributed by atoms with van der Waals surface area (Å²) in [6.07, 6.45) is -0.176. The van der Waals surface area contributed by atoms with E-state index in [1.54, 1.807) is 18.2 Å². The number of Topliss-reactive ketones (excluding diaryl/α,β-unsaturated/α-hetero) is 1. The van der Waals surface area contributed by atoms with Crippen LogP contribution in [-0.2, 0) is 9.59 Å². The molecule has 0 fully saturated rings. The van der Waals surface area contributed by atoms with E-state index < -0.39 is 5.92 Å². The summed E-state index contributed by atoms with van der Waals surface area (Å²) >= 11 is 6.27. The molecule has 0 aliphatic carbocycles. The Morgan fingerprint density at radius 1 is 1.22 bits per heavy atom. The van der Waals surface area contributed by atoms with Crippen molar-refractivity contribution in [2.45, 2.75) is 19.3 Å². The second kappa shape index (κ2) is 7.57. The minimum Gasteiger partial charge on any atom is -0.326 e. The summed E-state index contributed by atoms with van der Waals surface area (Å²) in [6, 6.07) is 16.6. The number of anilines is 1. The molecule has 0 unspecified atom stereocenters. The Balaban J connectivity index is 2.24. The van der Waals surface area contributed by atoms with E-state index in [-0.39, 0.29) is 18.1 Å². The molecule has 0 spiro atoms. The SMILES string of the molecule is CC(=O)CC(=O)Nc1ccc([C@@H](C#N)c2ccccc2)c(Cl)c1. The maximum absolute atomic E-state index is 11.6. The summed E-state index contributed by atoms with van der Waals surface area (Å²) in [4.78, 5) is 22.5. The van der Waals surface area contributed by atoms with Crippen molar-refractivity contribution in [3.05, 3.63) is 64.7 Å². The number of carbonyl (C=O) groups is 2. The molecule has 0 bridgehead atoms. The second-order valence-corrected chi connectivity index (χ2v) is 5.54. The Labute approximate surface area is 139 Å². The average molecular weight is 327 g/mol. The van der Waals surface area contributed by atoms with Crippen molar-refractivity contribution in [1.29, 1.82) is 5.26 Å². The molecule has 0 aliphatic heterocycles. The van der Waals surface area contributed by atoms with Gasteiger partial charge in [0.2, 0.25) is 5.91 Å². The van der Waals surface area contributed by atoms with Gasteiger partial charge in [-0.05, 0) is 30.2 Å². The van der Waals surface area contributed by atoms with Crippen LogP contribution >= 0.6 is 11.6 Å². The molecule has 0 heterocycles. The van der Waals surface area contributed by atoms with Gasteiger partial charge in [-0.3, -0.25) is 9.59 Å². The summed E-state index contributed by atoms with van der Waals surface area (Å²) in [7, 11) is 0. The van der Waals surface area contributed by atoms with Crippen LogP contribution in [0.25, 0.3) is 0 Å². The molecule has 2 aromatic rings. The van der Waals surface area contributed by atoms with Gasteiger partial charge in [0.1, 0.15) is 5.78 Å². The van der Waals surface area contributed by atoms with Crippen LogP contribution in [0.2, 0.25) is 5.02 Å². The molecule has 1 amide bonds. The van der Waals surface area contributed by atoms with Gasteiger partial charge < -0.3 is 5.32 Å². The number of nitrogens with one attached hydrogen (secondary N) is 1.